The normalized spacial score (nSPS) is 14.0. The van der Waals surface area contributed by atoms with E-state index in [2.05, 4.69) is 43.5 Å². The van der Waals surface area contributed by atoms with Crippen molar-refractivity contribution in [1.82, 2.24) is 19.4 Å². The monoisotopic (exact) mass is 613 g/mol. The van der Waals surface area contributed by atoms with Crippen LogP contribution in [0.3, 0.4) is 0 Å². The number of aromatic hydroxyl groups is 2. The molecule has 4 aromatic rings. The highest BCUT2D eigenvalue weighted by Crippen LogP contribution is 2.36. The number of para-hydroxylation sites is 1. The highest BCUT2D eigenvalue weighted by Gasteiger charge is 2.36. The summed E-state index contributed by atoms with van der Waals surface area (Å²) in [5.74, 6) is 0.331. The molecule has 1 aliphatic rings. The molecule has 2 amide bonds. The number of phenolic OH excluding ortho intramolecular Hbond substituents is 2. The van der Waals surface area contributed by atoms with Crippen LogP contribution in [-0.2, 0) is 32.7 Å². The van der Waals surface area contributed by atoms with E-state index in [-0.39, 0.29) is 28.7 Å². The van der Waals surface area contributed by atoms with Gasteiger partial charge in [-0.3, -0.25) is 14.5 Å². The fourth-order valence-electron chi connectivity index (χ4n) is 5.95. The lowest BCUT2D eigenvalue weighted by atomic mass is 9.81. The number of nitrogens with two attached hydrogens (primary N) is 1. The molecule has 2 aromatic heterocycles. The number of carbonyl (C=O) groups excluding carboxylic acids is 2. The maximum atomic E-state index is 12.1. The number of carbonyl (C=O) groups is 2. The first-order chi connectivity index (χ1) is 21.3. The standard InChI is InChI=1S/C35H43N5O5/c1-6-7-11-27-38-30-31(39(27)21-22-9-8-10-26(41)32(22)44)24-13-12-23(20-25(24)37-33(30)36)34(2,3)16-18-45-19-17-35(4,5)40-28(42)14-15-29(40)43/h8-10,12-15,20,41,44H,6-7,11,16-19,21H2,1-5H3,(H2,36,37). The molecule has 10 nitrogen and oxygen atoms in total. The molecule has 0 saturated carbocycles. The number of rotatable bonds is 13. The van der Waals surface area contributed by atoms with Crippen LogP contribution in [0.4, 0.5) is 5.82 Å². The van der Waals surface area contributed by atoms with E-state index in [9.17, 15) is 19.8 Å². The summed E-state index contributed by atoms with van der Waals surface area (Å²) in [5, 5.41) is 21.6. The number of nitrogens with zero attached hydrogens (tertiary/aromatic N) is 4. The second-order valence-corrected chi connectivity index (χ2v) is 13.1. The molecule has 45 heavy (non-hydrogen) atoms. The van der Waals surface area contributed by atoms with E-state index in [1.165, 1.54) is 23.1 Å². The average Bonchev–Trinajstić information content (AvgIpc) is 3.53. The lowest BCUT2D eigenvalue weighted by Gasteiger charge is -2.34. The van der Waals surface area contributed by atoms with Crippen LogP contribution in [0, 0.1) is 0 Å². The Bertz CT molecular complexity index is 1770. The van der Waals surface area contributed by atoms with Gasteiger partial charge in [-0.2, -0.15) is 0 Å². The molecule has 2 aromatic carbocycles. The predicted molar refractivity (Wildman–Crippen MR) is 175 cm³/mol. The van der Waals surface area contributed by atoms with Gasteiger partial charge in [0.2, 0.25) is 0 Å². The molecule has 0 radical (unpaired) electrons. The van der Waals surface area contributed by atoms with Crippen molar-refractivity contribution in [2.24, 2.45) is 0 Å². The fraction of sp³-hybridized carbons (Fsp3) is 0.429. The highest BCUT2D eigenvalue weighted by molar-refractivity contribution is 6.13. The van der Waals surface area contributed by atoms with Crippen molar-refractivity contribution in [3.63, 3.8) is 0 Å². The quantitative estimate of drug-likeness (QED) is 0.0983. The molecule has 0 unspecified atom stereocenters. The lowest BCUT2D eigenvalue weighted by molar-refractivity contribution is -0.143. The van der Waals surface area contributed by atoms with E-state index in [0.717, 1.165) is 53.5 Å². The Kier molecular flexibility index (Phi) is 8.89. The molecule has 0 fully saturated rings. The highest BCUT2D eigenvalue weighted by atomic mass is 16.5. The van der Waals surface area contributed by atoms with Crippen LogP contribution >= 0.6 is 0 Å². The van der Waals surface area contributed by atoms with Crippen molar-refractivity contribution in [1.29, 1.82) is 0 Å². The minimum absolute atomic E-state index is 0.142. The van der Waals surface area contributed by atoms with Crippen LogP contribution in [0.1, 0.15) is 77.3 Å². The number of phenols is 2. The zero-order valence-corrected chi connectivity index (χ0v) is 26.8. The van der Waals surface area contributed by atoms with E-state index in [1.54, 1.807) is 12.1 Å². The molecule has 1 aliphatic heterocycles. The Morgan fingerprint density at radius 1 is 0.956 bits per heavy atom. The van der Waals surface area contributed by atoms with Gasteiger partial charge in [-0.1, -0.05) is 51.5 Å². The molecule has 238 valence electrons. The van der Waals surface area contributed by atoms with Gasteiger partial charge in [0.1, 0.15) is 11.3 Å². The van der Waals surface area contributed by atoms with Gasteiger partial charge in [0.05, 0.1) is 17.6 Å². The van der Waals surface area contributed by atoms with E-state index in [4.69, 9.17) is 20.4 Å². The number of pyridine rings is 1. The molecule has 0 atom stereocenters. The van der Waals surface area contributed by atoms with Crippen LogP contribution < -0.4 is 5.73 Å². The van der Waals surface area contributed by atoms with Crippen LogP contribution in [0.5, 0.6) is 11.5 Å². The second kappa shape index (κ2) is 12.5. The largest absolute Gasteiger partial charge is 0.504 e. The number of benzene rings is 2. The smallest absolute Gasteiger partial charge is 0.254 e. The van der Waals surface area contributed by atoms with Gasteiger partial charge in [-0.25, -0.2) is 9.97 Å². The molecule has 5 rings (SSSR count). The number of imidazole rings is 1. The Morgan fingerprint density at radius 2 is 1.67 bits per heavy atom. The summed E-state index contributed by atoms with van der Waals surface area (Å²) >= 11 is 0. The Labute approximate surface area is 263 Å². The second-order valence-electron chi connectivity index (χ2n) is 13.1. The topological polar surface area (TPSA) is 144 Å². The number of hydrogen-bond acceptors (Lipinski definition) is 8. The third-order valence-electron chi connectivity index (χ3n) is 8.89. The number of anilines is 1. The summed E-state index contributed by atoms with van der Waals surface area (Å²) in [7, 11) is 0. The summed E-state index contributed by atoms with van der Waals surface area (Å²) < 4.78 is 8.07. The number of hydrogen-bond donors (Lipinski definition) is 3. The van der Waals surface area contributed by atoms with Crippen LogP contribution in [0.15, 0.2) is 48.6 Å². The summed E-state index contributed by atoms with van der Waals surface area (Å²) in [5.41, 5.74) is 9.55. The number of nitrogen functional groups attached to an aromatic ring is 1. The Morgan fingerprint density at radius 3 is 2.38 bits per heavy atom. The summed E-state index contributed by atoms with van der Waals surface area (Å²) in [6.45, 7) is 11.5. The summed E-state index contributed by atoms with van der Waals surface area (Å²) in [6, 6.07) is 11.2. The third-order valence-corrected chi connectivity index (χ3v) is 8.89. The first kappa shape index (κ1) is 32.0. The summed E-state index contributed by atoms with van der Waals surface area (Å²) in [4.78, 5) is 35.2. The van der Waals surface area contributed by atoms with Crippen molar-refractivity contribution in [3.8, 4) is 11.5 Å². The molecule has 4 N–H and O–H groups in total. The maximum absolute atomic E-state index is 12.1. The Balaban J connectivity index is 1.37. The molecular weight excluding hydrogens is 570 g/mol. The molecule has 0 bridgehead atoms. The number of imide groups is 1. The molecular formula is C35H43N5O5. The first-order valence-corrected chi connectivity index (χ1v) is 15.6. The van der Waals surface area contributed by atoms with Gasteiger partial charge in [0.15, 0.2) is 17.3 Å². The van der Waals surface area contributed by atoms with Crippen molar-refractivity contribution >= 4 is 39.6 Å². The van der Waals surface area contributed by atoms with Gasteiger partial charge < -0.3 is 25.3 Å². The Hall–Kier alpha value is -4.44. The average molecular weight is 614 g/mol. The molecule has 0 spiro atoms. The number of aromatic nitrogens is 3. The van der Waals surface area contributed by atoms with E-state index in [0.29, 0.717) is 43.1 Å². The minimum Gasteiger partial charge on any atom is -0.504 e. The van der Waals surface area contributed by atoms with Crippen molar-refractivity contribution in [2.45, 2.75) is 84.2 Å². The van der Waals surface area contributed by atoms with Crippen LogP contribution in [0.2, 0.25) is 0 Å². The minimum atomic E-state index is -0.634. The number of unbranched alkanes of at least 4 members (excludes halogenated alkanes) is 1. The maximum Gasteiger partial charge on any atom is 0.254 e. The number of fused-ring (bicyclic) bond motifs is 3. The third kappa shape index (κ3) is 6.38. The van der Waals surface area contributed by atoms with Crippen LogP contribution in [-0.4, -0.2) is 60.2 Å². The van der Waals surface area contributed by atoms with E-state index < -0.39 is 5.54 Å². The zero-order chi connectivity index (χ0) is 32.5. The molecule has 10 heteroatoms. The van der Waals surface area contributed by atoms with Gasteiger partial charge >= 0.3 is 0 Å². The first-order valence-electron chi connectivity index (χ1n) is 15.6. The predicted octanol–water partition coefficient (Wildman–Crippen LogP) is 5.75. The van der Waals surface area contributed by atoms with Gasteiger partial charge in [-0.05, 0) is 56.2 Å². The molecule has 3 heterocycles. The molecule has 0 aliphatic carbocycles. The van der Waals surface area contributed by atoms with Crippen LogP contribution in [0.25, 0.3) is 21.9 Å². The fourth-order valence-corrected chi connectivity index (χ4v) is 5.95. The SMILES string of the molecule is CCCCc1nc2c(N)nc3cc(C(C)(C)CCOCCC(C)(C)N4C(=O)C=CC4=O)ccc3c2n1Cc1cccc(O)c1O. The van der Waals surface area contributed by atoms with Crippen molar-refractivity contribution in [3.05, 3.63) is 65.5 Å². The number of aryl methyl sites for hydroxylation is 1. The lowest BCUT2D eigenvalue weighted by Crippen LogP contribution is -2.48. The zero-order valence-electron chi connectivity index (χ0n) is 26.8. The molecule has 0 saturated heterocycles. The van der Waals surface area contributed by atoms with E-state index >= 15 is 0 Å². The van der Waals surface area contributed by atoms with Gasteiger partial charge in [0.25, 0.3) is 11.8 Å². The number of amides is 2. The van der Waals surface area contributed by atoms with Crippen molar-refractivity contribution in [2.75, 3.05) is 18.9 Å². The van der Waals surface area contributed by atoms with E-state index in [1.807, 2.05) is 13.8 Å². The van der Waals surface area contributed by atoms with Crippen molar-refractivity contribution < 1.29 is 24.5 Å². The van der Waals surface area contributed by atoms with Gasteiger partial charge in [-0.15, -0.1) is 0 Å². The number of ether oxygens (including phenoxy) is 1. The summed E-state index contributed by atoms with van der Waals surface area (Å²) in [6.07, 6.45) is 6.60. The van der Waals surface area contributed by atoms with Gasteiger partial charge in [0, 0.05) is 48.3 Å².